The normalized spacial score (nSPS) is 9.08. The van der Waals surface area contributed by atoms with Gasteiger partial charge in [-0.25, -0.2) is 0 Å². The summed E-state index contributed by atoms with van der Waals surface area (Å²) in [5.74, 6) is -0.329. The van der Waals surface area contributed by atoms with Crippen molar-refractivity contribution in [3.8, 4) is 0 Å². The van der Waals surface area contributed by atoms with Crippen LogP contribution in [-0.4, -0.2) is 18.9 Å². The SMILES string of the molecule is C=CCC(N)=O.C=CS(=O)(=O)O. The van der Waals surface area contributed by atoms with Crippen molar-refractivity contribution in [1.82, 2.24) is 0 Å². The van der Waals surface area contributed by atoms with Crippen LogP contribution < -0.4 is 5.73 Å². The summed E-state index contributed by atoms with van der Waals surface area (Å²) in [7, 11) is -3.90. The first-order valence-corrected chi connectivity index (χ1v) is 4.33. The number of nitrogens with two attached hydrogens (primary N) is 1. The highest BCUT2D eigenvalue weighted by atomic mass is 32.2. The Morgan fingerprint density at radius 3 is 1.83 bits per heavy atom. The number of primary amides is 1. The summed E-state index contributed by atoms with van der Waals surface area (Å²) < 4.78 is 26.6. The maximum atomic E-state index is 9.75. The molecule has 6 heteroatoms. The number of hydrogen-bond donors (Lipinski definition) is 2. The lowest BCUT2D eigenvalue weighted by Crippen LogP contribution is -2.07. The van der Waals surface area contributed by atoms with E-state index in [1.165, 1.54) is 6.08 Å². The fourth-order valence-electron chi connectivity index (χ4n) is 0.142. The van der Waals surface area contributed by atoms with Gasteiger partial charge >= 0.3 is 0 Å². The zero-order valence-corrected chi connectivity index (χ0v) is 7.25. The highest BCUT2D eigenvalue weighted by Gasteiger charge is 1.87. The monoisotopic (exact) mass is 193 g/mol. The van der Waals surface area contributed by atoms with E-state index in [-0.39, 0.29) is 12.3 Å². The number of amides is 1. The van der Waals surface area contributed by atoms with E-state index in [0.717, 1.165) is 0 Å². The van der Waals surface area contributed by atoms with Crippen LogP contribution in [0.3, 0.4) is 0 Å². The van der Waals surface area contributed by atoms with Gasteiger partial charge in [0.1, 0.15) is 0 Å². The molecule has 0 bridgehead atoms. The van der Waals surface area contributed by atoms with Crippen LogP contribution in [0.2, 0.25) is 0 Å². The molecule has 0 aromatic carbocycles. The van der Waals surface area contributed by atoms with Crippen molar-refractivity contribution >= 4 is 16.0 Å². The molecular weight excluding hydrogens is 182 g/mol. The van der Waals surface area contributed by atoms with Crippen LogP contribution in [0.5, 0.6) is 0 Å². The first-order chi connectivity index (χ1) is 5.33. The van der Waals surface area contributed by atoms with Crippen molar-refractivity contribution in [1.29, 1.82) is 0 Å². The summed E-state index contributed by atoms with van der Waals surface area (Å²) in [5, 5.41) is 0.465. The van der Waals surface area contributed by atoms with Gasteiger partial charge < -0.3 is 5.73 Å². The van der Waals surface area contributed by atoms with Gasteiger partial charge in [0.25, 0.3) is 10.1 Å². The molecule has 5 nitrogen and oxygen atoms in total. The number of carbonyl (C=O) groups excluding carboxylic acids is 1. The van der Waals surface area contributed by atoms with Crippen molar-refractivity contribution < 1.29 is 17.8 Å². The second kappa shape index (κ2) is 6.56. The van der Waals surface area contributed by atoms with Crippen molar-refractivity contribution in [3.63, 3.8) is 0 Å². The van der Waals surface area contributed by atoms with Crippen LogP contribution in [0, 0.1) is 0 Å². The van der Waals surface area contributed by atoms with Gasteiger partial charge in [0, 0.05) is 6.42 Å². The summed E-state index contributed by atoms with van der Waals surface area (Å²) in [6.07, 6.45) is 1.75. The molecule has 0 saturated heterocycles. The van der Waals surface area contributed by atoms with Crippen LogP contribution >= 0.6 is 0 Å². The van der Waals surface area contributed by atoms with E-state index < -0.39 is 10.1 Å². The summed E-state index contributed by atoms with van der Waals surface area (Å²) >= 11 is 0. The highest BCUT2D eigenvalue weighted by molar-refractivity contribution is 7.88. The summed E-state index contributed by atoms with van der Waals surface area (Å²) in [4.78, 5) is 9.75. The third kappa shape index (κ3) is 23.2. The molecule has 0 aliphatic heterocycles. The molecular formula is C6H11NO4S. The number of hydrogen-bond acceptors (Lipinski definition) is 3. The highest BCUT2D eigenvalue weighted by Crippen LogP contribution is 1.75. The van der Waals surface area contributed by atoms with Crippen molar-refractivity contribution in [2.45, 2.75) is 6.42 Å². The molecule has 0 saturated carbocycles. The Labute approximate surface area is 71.3 Å². The van der Waals surface area contributed by atoms with E-state index in [4.69, 9.17) is 10.3 Å². The molecule has 0 rings (SSSR count). The predicted octanol–water partition coefficient (Wildman–Crippen LogP) is 0.0655. The molecule has 0 unspecified atom stereocenters. The molecule has 12 heavy (non-hydrogen) atoms. The maximum Gasteiger partial charge on any atom is 0.287 e. The fourth-order valence-corrected chi connectivity index (χ4v) is 0.142. The Bertz CT molecular complexity index is 243. The minimum atomic E-state index is -3.90. The topological polar surface area (TPSA) is 97.5 Å². The standard InChI is InChI=1S/C4H7NO.C2H4O3S/c1-2-3-4(5)6;1-2-6(3,4)5/h2H,1,3H2,(H2,5,6);2H,1H2,(H,3,4,5). The smallest absolute Gasteiger partial charge is 0.287 e. The minimum absolute atomic E-state index is 0.278. The Morgan fingerprint density at radius 1 is 1.50 bits per heavy atom. The number of rotatable bonds is 3. The molecule has 0 spiro atoms. The van der Waals surface area contributed by atoms with Gasteiger partial charge in [0.05, 0.1) is 5.41 Å². The third-order valence-electron chi connectivity index (χ3n) is 0.556. The van der Waals surface area contributed by atoms with E-state index in [2.05, 4.69) is 13.2 Å². The zero-order valence-electron chi connectivity index (χ0n) is 6.43. The van der Waals surface area contributed by atoms with Crippen molar-refractivity contribution in [2.75, 3.05) is 0 Å². The molecule has 0 fully saturated rings. The Morgan fingerprint density at radius 2 is 1.83 bits per heavy atom. The Kier molecular flexibility index (Phi) is 7.36. The van der Waals surface area contributed by atoms with Gasteiger partial charge in [0.2, 0.25) is 5.91 Å². The van der Waals surface area contributed by atoms with Crippen LogP contribution in [0.4, 0.5) is 0 Å². The van der Waals surface area contributed by atoms with Gasteiger partial charge in [-0.2, -0.15) is 8.42 Å². The van der Waals surface area contributed by atoms with Crippen molar-refractivity contribution in [3.05, 3.63) is 24.6 Å². The molecule has 0 aliphatic rings. The minimum Gasteiger partial charge on any atom is -0.369 e. The second-order valence-electron chi connectivity index (χ2n) is 1.64. The fraction of sp³-hybridized carbons (Fsp3) is 0.167. The lowest BCUT2D eigenvalue weighted by Gasteiger charge is -1.76. The second-order valence-corrected chi connectivity index (χ2v) is 3.00. The average Bonchev–Trinajstić information content (AvgIpc) is 1.87. The maximum absolute atomic E-state index is 9.75. The van der Waals surface area contributed by atoms with E-state index >= 15 is 0 Å². The molecule has 0 heterocycles. The van der Waals surface area contributed by atoms with E-state index in [1.807, 2.05) is 0 Å². The molecule has 0 aromatic heterocycles. The summed E-state index contributed by atoms with van der Waals surface area (Å²) in [6.45, 7) is 6.09. The molecule has 1 amide bonds. The van der Waals surface area contributed by atoms with E-state index in [1.54, 1.807) is 0 Å². The zero-order chi connectivity index (χ0) is 10.2. The van der Waals surface area contributed by atoms with Crippen LogP contribution in [-0.2, 0) is 14.9 Å². The van der Waals surface area contributed by atoms with Gasteiger partial charge in [-0.15, -0.1) is 6.58 Å². The van der Waals surface area contributed by atoms with E-state index in [0.29, 0.717) is 5.41 Å². The molecule has 0 aromatic rings. The first kappa shape index (κ1) is 13.4. The summed E-state index contributed by atoms with van der Waals surface area (Å²) in [5.41, 5.74) is 4.69. The molecule has 70 valence electrons. The van der Waals surface area contributed by atoms with Gasteiger partial charge in [0.15, 0.2) is 0 Å². The first-order valence-electron chi connectivity index (χ1n) is 2.82. The van der Waals surface area contributed by atoms with E-state index in [9.17, 15) is 13.2 Å². The molecule has 0 atom stereocenters. The van der Waals surface area contributed by atoms with Crippen LogP contribution in [0.1, 0.15) is 6.42 Å². The largest absolute Gasteiger partial charge is 0.369 e. The predicted molar refractivity (Wildman–Crippen MR) is 45.8 cm³/mol. The molecule has 3 N–H and O–H groups in total. The molecule has 0 radical (unpaired) electrons. The number of carbonyl (C=O) groups is 1. The Balaban J connectivity index is 0. The average molecular weight is 193 g/mol. The Hall–Kier alpha value is -1.14. The van der Waals surface area contributed by atoms with Crippen molar-refractivity contribution in [2.24, 2.45) is 5.73 Å². The third-order valence-corrected chi connectivity index (χ3v) is 0.977. The van der Waals surface area contributed by atoms with Gasteiger partial charge in [-0.3, -0.25) is 9.35 Å². The summed E-state index contributed by atoms with van der Waals surface area (Å²) in [6, 6.07) is 0. The molecule has 0 aliphatic carbocycles. The lowest BCUT2D eigenvalue weighted by atomic mass is 10.4. The lowest BCUT2D eigenvalue weighted by molar-refractivity contribution is -0.117. The quantitative estimate of drug-likeness (QED) is 0.489. The van der Waals surface area contributed by atoms with Gasteiger partial charge in [-0.05, 0) is 0 Å². The van der Waals surface area contributed by atoms with Crippen LogP contribution in [0.15, 0.2) is 24.6 Å². The van der Waals surface area contributed by atoms with Gasteiger partial charge in [-0.1, -0.05) is 12.7 Å². The van der Waals surface area contributed by atoms with Crippen LogP contribution in [0.25, 0.3) is 0 Å².